The number of aromatic nitrogens is 2. The average molecular weight is 584 g/mol. The average Bonchev–Trinajstić information content (AvgIpc) is 2.98. The number of rotatable bonds is 5. The molecule has 0 radical (unpaired) electrons. The number of piperazine rings is 1. The van der Waals surface area contributed by atoms with Crippen molar-refractivity contribution in [2.24, 2.45) is 0 Å². The SMILES string of the molecule is Cc1cc(-c2cccc3ncc(-c4ccc(C(=O)N5CCN(C)CC5)c(C)c4)nc23)ccc1CN1CCS(=O)(=O)CC1. The summed E-state index contributed by atoms with van der Waals surface area (Å²) < 4.78 is 23.6. The van der Waals surface area contributed by atoms with E-state index in [9.17, 15) is 13.2 Å². The van der Waals surface area contributed by atoms with E-state index < -0.39 is 9.84 Å². The first kappa shape index (κ1) is 28.5. The molecule has 0 N–H and O–H groups in total. The van der Waals surface area contributed by atoms with Crippen molar-refractivity contribution in [1.29, 1.82) is 0 Å². The van der Waals surface area contributed by atoms with Gasteiger partial charge in [-0.3, -0.25) is 14.7 Å². The minimum absolute atomic E-state index is 0.0863. The number of carbonyl (C=O) groups is 1. The number of carbonyl (C=O) groups excluding carboxylic acids is 1. The summed E-state index contributed by atoms with van der Waals surface area (Å²) in [6, 6.07) is 18.4. The molecule has 42 heavy (non-hydrogen) atoms. The summed E-state index contributed by atoms with van der Waals surface area (Å²) >= 11 is 0. The lowest BCUT2D eigenvalue weighted by Gasteiger charge is -2.32. The molecule has 2 saturated heterocycles. The maximum atomic E-state index is 13.2. The minimum atomic E-state index is -2.89. The summed E-state index contributed by atoms with van der Waals surface area (Å²) in [4.78, 5) is 29.4. The van der Waals surface area contributed by atoms with Crippen LogP contribution in [0.5, 0.6) is 0 Å². The molecule has 8 nitrogen and oxygen atoms in total. The van der Waals surface area contributed by atoms with Gasteiger partial charge >= 0.3 is 0 Å². The van der Waals surface area contributed by atoms with Crippen LogP contribution in [0.3, 0.4) is 0 Å². The third-order valence-electron chi connectivity index (χ3n) is 8.60. The van der Waals surface area contributed by atoms with Gasteiger partial charge in [0.1, 0.15) is 0 Å². The summed E-state index contributed by atoms with van der Waals surface area (Å²) in [6.07, 6.45) is 1.80. The molecule has 4 aromatic rings. The van der Waals surface area contributed by atoms with E-state index in [1.807, 2.05) is 42.2 Å². The van der Waals surface area contributed by atoms with Gasteiger partial charge in [0.05, 0.1) is 34.4 Å². The van der Waals surface area contributed by atoms with Crippen LogP contribution < -0.4 is 0 Å². The second-order valence-electron chi connectivity index (χ2n) is 11.6. The highest BCUT2D eigenvalue weighted by molar-refractivity contribution is 7.91. The molecule has 9 heteroatoms. The molecule has 2 aliphatic rings. The largest absolute Gasteiger partial charge is 0.336 e. The minimum Gasteiger partial charge on any atom is -0.336 e. The van der Waals surface area contributed by atoms with Gasteiger partial charge in [-0.25, -0.2) is 13.4 Å². The van der Waals surface area contributed by atoms with Crippen molar-refractivity contribution in [3.05, 3.63) is 83.0 Å². The number of hydrogen-bond donors (Lipinski definition) is 0. The smallest absolute Gasteiger partial charge is 0.254 e. The number of fused-ring (bicyclic) bond motifs is 1. The monoisotopic (exact) mass is 583 g/mol. The molecule has 0 bridgehead atoms. The van der Waals surface area contributed by atoms with E-state index >= 15 is 0 Å². The molecule has 0 unspecified atom stereocenters. The summed E-state index contributed by atoms with van der Waals surface area (Å²) in [5, 5.41) is 0. The van der Waals surface area contributed by atoms with Crippen LogP contribution in [-0.4, -0.2) is 96.8 Å². The van der Waals surface area contributed by atoms with Gasteiger partial charge in [-0.2, -0.15) is 0 Å². The van der Waals surface area contributed by atoms with E-state index in [4.69, 9.17) is 9.97 Å². The molecular weight excluding hydrogens is 546 g/mol. The molecule has 2 aliphatic heterocycles. The van der Waals surface area contributed by atoms with E-state index in [1.54, 1.807) is 6.20 Å². The van der Waals surface area contributed by atoms with Crippen molar-refractivity contribution in [1.82, 2.24) is 24.7 Å². The highest BCUT2D eigenvalue weighted by Gasteiger charge is 2.23. The predicted octanol–water partition coefficient (Wildman–Crippen LogP) is 4.20. The number of sulfone groups is 1. The number of likely N-dealkylation sites (N-methyl/N-ethyl adjacent to an activating group) is 1. The van der Waals surface area contributed by atoms with Gasteiger partial charge in [-0.15, -0.1) is 0 Å². The fraction of sp³-hybridized carbons (Fsp3) is 0.364. The standard InChI is InChI=1S/C33H37N5O3S/c1-23-19-25(7-8-27(23)22-37-15-17-42(40,41)18-16-37)29-5-4-6-30-32(29)35-31(21-34-30)26-9-10-28(24(2)20-26)33(39)38-13-11-36(3)12-14-38/h4-10,19-21H,11-18,22H2,1-3H3. The fourth-order valence-electron chi connectivity index (χ4n) is 5.84. The van der Waals surface area contributed by atoms with E-state index in [0.717, 1.165) is 77.3 Å². The Bertz CT molecular complexity index is 1750. The van der Waals surface area contributed by atoms with E-state index in [-0.39, 0.29) is 17.4 Å². The second kappa shape index (κ2) is 11.6. The lowest BCUT2D eigenvalue weighted by atomic mass is 9.98. The zero-order chi connectivity index (χ0) is 29.4. The summed E-state index contributed by atoms with van der Waals surface area (Å²) in [7, 11) is -0.808. The van der Waals surface area contributed by atoms with Gasteiger partial charge in [0.2, 0.25) is 0 Å². The van der Waals surface area contributed by atoms with Crippen LogP contribution in [0.4, 0.5) is 0 Å². The molecular formula is C33H37N5O3S. The molecule has 6 rings (SSSR count). The van der Waals surface area contributed by atoms with Crippen LogP contribution in [0, 0.1) is 13.8 Å². The number of amides is 1. The number of hydrogen-bond acceptors (Lipinski definition) is 7. The third-order valence-corrected chi connectivity index (χ3v) is 10.2. The van der Waals surface area contributed by atoms with Crippen molar-refractivity contribution < 1.29 is 13.2 Å². The maximum Gasteiger partial charge on any atom is 0.254 e. The van der Waals surface area contributed by atoms with Gasteiger partial charge in [-0.1, -0.05) is 36.4 Å². The zero-order valence-corrected chi connectivity index (χ0v) is 25.3. The molecule has 2 fully saturated rings. The summed E-state index contributed by atoms with van der Waals surface area (Å²) in [5.41, 5.74) is 9.48. The molecule has 0 atom stereocenters. The highest BCUT2D eigenvalue weighted by Crippen LogP contribution is 2.31. The van der Waals surface area contributed by atoms with E-state index in [2.05, 4.69) is 48.0 Å². The van der Waals surface area contributed by atoms with Gasteiger partial charge in [0, 0.05) is 62.5 Å². The fourth-order valence-corrected chi connectivity index (χ4v) is 7.11. The molecule has 1 amide bonds. The Morgan fingerprint density at radius 3 is 2.29 bits per heavy atom. The second-order valence-corrected chi connectivity index (χ2v) is 13.9. The van der Waals surface area contributed by atoms with Gasteiger partial charge in [-0.05, 0) is 61.3 Å². The first-order valence-electron chi connectivity index (χ1n) is 14.5. The van der Waals surface area contributed by atoms with Crippen LogP contribution in [0.2, 0.25) is 0 Å². The van der Waals surface area contributed by atoms with Crippen molar-refractivity contribution >= 4 is 26.8 Å². The lowest BCUT2D eigenvalue weighted by Crippen LogP contribution is -2.47. The Morgan fingerprint density at radius 2 is 1.57 bits per heavy atom. The van der Waals surface area contributed by atoms with Crippen LogP contribution in [-0.2, 0) is 16.4 Å². The van der Waals surface area contributed by atoms with E-state index in [0.29, 0.717) is 13.1 Å². The van der Waals surface area contributed by atoms with Gasteiger partial charge < -0.3 is 9.80 Å². The number of nitrogens with zero attached hydrogens (tertiary/aromatic N) is 5. The normalized spacial score (nSPS) is 17.9. The van der Waals surface area contributed by atoms with Crippen LogP contribution in [0.1, 0.15) is 27.0 Å². The molecule has 0 saturated carbocycles. The molecule has 1 aromatic heterocycles. The number of aryl methyl sites for hydroxylation is 2. The lowest BCUT2D eigenvalue weighted by molar-refractivity contribution is 0.0663. The molecule has 3 aromatic carbocycles. The van der Waals surface area contributed by atoms with Crippen molar-refractivity contribution in [3.8, 4) is 22.4 Å². The van der Waals surface area contributed by atoms with Crippen molar-refractivity contribution in [3.63, 3.8) is 0 Å². The van der Waals surface area contributed by atoms with Gasteiger partial charge in [0.25, 0.3) is 5.91 Å². The Kier molecular flexibility index (Phi) is 7.83. The highest BCUT2D eigenvalue weighted by atomic mass is 32.2. The quantitative estimate of drug-likeness (QED) is 0.348. The van der Waals surface area contributed by atoms with Crippen LogP contribution >= 0.6 is 0 Å². The zero-order valence-electron chi connectivity index (χ0n) is 24.5. The molecule has 218 valence electrons. The topological polar surface area (TPSA) is 86.7 Å². The molecule has 0 spiro atoms. The summed E-state index contributed by atoms with van der Waals surface area (Å²) in [5.74, 6) is 0.550. The van der Waals surface area contributed by atoms with Crippen LogP contribution in [0.25, 0.3) is 33.4 Å². The van der Waals surface area contributed by atoms with Crippen molar-refractivity contribution in [2.45, 2.75) is 20.4 Å². The Labute approximate surface area is 247 Å². The van der Waals surface area contributed by atoms with Crippen molar-refractivity contribution in [2.75, 3.05) is 57.8 Å². The number of para-hydroxylation sites is 1. The maximum absolute atomic E-state index is 13.2. The molecule has 0 aliphatic carbocycles. The molecule has 3 heterocycles. The summed E-state index contributed by atoms with van der Waals surface area (Å²) in [6.45, 7) is 9.28. The Morgan fingerprint density at radius 1 is 0.857 bits per heavy atom. The first-order valence-corrected chi connectivity index (χ1v) is 16.4. The van der Waals surface area contributed by atoms with E-state index in [1.165, 1.54) is 11.1 Å². The Hall–Kier alpha value is -3.66. The van der Waals surface area contributed by atoms with Gasteiger partial charge in [0.15, 0.2) is 9.84 Å². The number of benzene rings is 3. The predicted molar refractivity (Wildman–Crippen MR) is 167 cm³/mol. The van der Waals surface area contributed by atoms with Crippen LogP contribution in [0.15, 0.2) is 60.8 Å². The third kappa shape index (κ3) is 5.95. The first-order chi connectivity index (χ1) is 20.2. The Balaban J connectivity index is 1.26.